The van der Waals surface area contributed by atoms with Crippen LogP contribution >= 0.6 is 0 Å². The summed E-state index contributed by atoms with van der Waals surface area (Å²) in [6.07, 6.45) is 8.01. The Labute approximate surface area is 336 Å². The summed E-state index contributed by atoms with van der Waals surface area (Å²) in [6.45, 7) is 1.26. The van der Waals surface area contributed by atoms with E-state index in [2.05, 4.69) is 69.1 Å². The summed E-state index contributed by atoms with van der Waals surface area (Å²) in [5.41, 5.74) is 6.53. The van der Waals surface area contributed by atoms with Gasteiger partial charge >= 0.3 is 12.2 Å². The number of benzene rings is 3. The SMILES string of the molecule is COC(=O)N[C@@H]1CC[C@H](C(=O)N2CCC[C@H]2c2ncc(-c3ccc(-c4ccc(-c5cnc([C@@H]6CCCN6C(=O)[C@H](NC(=O)OC)c6ccccc6)[nH]5)cc4)cc3)[nH]2)C1. The van der Waals surface area contributed by atoms with E-state index in [0.717, 1.165) is 78.0 Å². The normalized spacial score (nSPS) is 20.8. The highest BCUT2D eigenvalue weighted by atomic mass is 16.5. The van der Waals surface area contributed by atoms with Crippen LogP contribution in [0, 0.1) is 5.92 Å². The molecule has 4 amide bonds. The van der Waals surface area contributed by atoms with Crippen molar-refractivity contribution in [2.75, 3.05) is 27.3 Å². The Morgan fingerprint density at radius 1 is 0.672 bits per heavy atom. The van der Waals surface area contributed by atoms with Gasteiger partial charge in [-0.1, -0.05) is 78.9 Å². The molecule has 0 radical (unpaired) electrons. The molecule has 5 aromatic rings. The predicted molar refractivity (Wildman–Crippen MR) is 216 cm³/mol. The number of amides is 4. The first kappa shape index (κ1) is 38.4. The summed E-state index contributed by atoms with van der Waals surface area (Å²) in [5, 5.41) is 5.55. The van der Waals surface area contributed by atoms with Crippen molar-refractivity contribution in [1.82, 2.24) is 40.4 Å². The van der Waals surface area contributed by atoms with Crippen LogP contribution in [-0.4, -0.2) is 87.1 Å². The van der Waals surface area contributed by atoms with Crippen molar-refractivity contribution in [2.24, 2.45) is 5.92 Å². The molecule has 0 bridgehead atoms. The van der Waals surface area contributed by atoms with Crippen LogP contribution in [0.3, 0.4) is 0 Å². The molecule has 1 saturated carbocycles. The number of aromatic nitrogens is 4. The number of carbonyl (C=O) groups is 4. The molecule has 14 nitrogen and oxygen atoms in total. The molecule has 3 aromatic carbocycles. The number of rotatable bonds is 10. The molecule has 2 aliphatic heterocycles. The van der Waals surface area contributed by atoms with E-state index in [1.165, 1.54) is 14.2 Å². The summed E-state index contributed by atoms with van der Waals surface area (Å²) >= 11 is 0. The maximum atomic E-state index is 13.9. The number of aromatic amines is 2. The third-order valence-electron chi connectivity index (χ3n) is 11.7. The average molecular weight is 785 g/mol. The van der Waals surface area contributed by atoms with Gasteiger partial charge in [-0.3, -0.25) is 9.59 Å². The number of ether oxygens (including phenoxy) is 2. The molecule has 4 N–H and O–H groups in total. The molecule has 0 unspecified atom stereocenters. The Kier molecular flexibility index (Phi) is 11.2. The number of alkyl carbamates (subject to hydrolysis) is 2. The highest BCUT2D eigenvalue weighted by Crippen LogP contribution is 2.37. The van der Waals surface area contributed by atoms with E-state index in [9.17, 15) is 19.2 Å². The van der Waals surface area contributed by atoms with E-state index in [0.29, 0.717) is 30.9 Å². The Morgan fingerprint density at radius 3 is 1.78 bits per heavy atom. The van der Waals surface area contributed by atoms with E-state index in [1.54, 1.807) is 11.1 Å². The molecule has 58 heavy (non-hydrogen) atoms. The van der Waals surface area contributed by atoms with Gasteiger partial charge < -0.3 is 39.9 Å². The highest BCUT2D eigenvalue weighted by molar-refractivity contribution is 5.87. The second-order valence-electron chi connectivity index (χ2n) is 15.2. The zero-order chi connectivity index (χ0) is 40.2. The molecule has 2 saturated heterocycles. The summed E-state index contributed by atoms with van der Waals surface area (Å²) < 4.78 is 9.56. The van der Waals surface area contributed by atoms with Crippen molar-refractivity contribution < 1.29 is 28.7 Å². The smallest absolute Gasteiger partial charge is 0.407 e. The molecule has 1 aliphatic carbocycles. The van der Waals surface area contributed by atoms with Crippen LogP contribution in [-0.2, 0) is 19.1 Å². The topological polar surface area (TPSA) is 175 Å². The Hall–Kier alpha value is -6.44. The maximum Gasteiger partial charge on any atom is 0.407 e. The fraction of sp³-hybridized carbons (Fsp3) is 0.364. The molecule has 8 rings (SSSR count). The lowest BCUT2D eigenvalue weighted by Gasteiger charge is -2.28. The molecule has 4 heterocycles. The monoisotopic (exact) mass is 784 g/mol. The van der Waals surface area contributed by atoms with Crippen LogP contribution in [0.1, 0.15) is 80.3 Å². The molecule has 0 spiro atoms. The molecule has 2 aromatic heterocycles. The van der Waals surface area contributed by atoms with Crippen LogP contribution < -0.4 is 10.6 Å². The minimum absolute atomic E-state index is 0.0451. The summed E-state index contributed by atoms with van der Waals surface area (Å²) in [6, 6.07) is 24.5. The highest BCUT2D eigenvalue weighted by Gasteiger charge is 2.40. The lowest BCUT2D eigenvalue weighted by molar-refractivity contribution is -0.136. The van der Waals surface area contributed by atoms with Gasteiger partial charge in [0.15, 0.2) is 0 Å². The predicted octanol–water partition coefficient (Wildman–Crippen LogP) is 7.08. The third-order valence-corrected chi connectivity index (χ3v) is 11.7. The van der Waals surface area contributed by atoms with Crippen LogP contribution in [0.25, 0.3) is 33.6 Å². The standard InChI is InChI=1S/C44H48N8O6/c1-57-43(55)47-33-21-20-32(24-33)41(53)51-22-6-10-36(51)39-45-25-34(48-39)29-16-12-27(13-17-29)28-14-18-30(19-15-28)35-26-46-40(49-35)37-11-7-23-52(37)42(54)38(50-44(56)58-2)31-8-4-3-5-9-31/h3-5,8-9,12-19,25-26,32-33,36-38H,6-7,10-11,20-24H2,1-2H3,(H,45,48)(H,46,49)(H,47,55)(H,50,56)/t32-,33+,36-,37-,38+/m0/s1. The Balaban J connectivity index is 0.902. The molecule has 300 valence electrons. The van der Waals surface area contributed by atoms with Gasteiger partial charge in [-0.05, 0) is 72.8 Å². The first-order valence-electron chi connectivity index (χ1n) is 20.0. The van der Waals surface area contributed by atoms with Crippen molar-refractivity contribution in [3.8, 4) is 33.6 Å². The fourth-order valence-electron chi connectivity index (χ4n) is 8.69. The number of hydrogen-bond acceptors (Lipinski definition) is 8. The van der Waals surface area contributed by atoms with Gasteiger partial charge in [-0.25, -0.2) is 19.6 Å². The average Bonchev–Trinajstić information content (AvgIpc) is 4.12. The maximum absolute atomic E-state index is 13.9. The summed E-state index contributed by atoms with van der Waals surface area (Å²) in [5.74, 6) is 1.31. The van der Waals surface area contributed by atoms with E-state index < -0.39 is 18.2 Å². The van der Waals surface area contributed by atoms with Crippen LogP contribution in [0.5, 0.6) is 0 Å². The van der Waals surface area contributed by atoms with Gasteiger partial charge in [0.2, 0.25) is 5.91 Å². The number of H-pyrrole nitrogens is 2. The lowest BCUT2D eigenvalue weighted by atomic mass is 10.0. The van der Waals surface area contributed by atoms with Crippen molar-refractivity contribution in [3.63, 3.8) is 0 Å². The van der Waals surface area contributed by atoms with Crippen molar-refractivity contribution in [3.05, 3.63) is 108 Å². The van der Waals surface area contributed by atoms with Gasteiger partial charge in [-0.2, -0.15) is 0 Å². The Bertz CT molecular complexity index is 2240. The second-order valence-corrected chi connectivity index (χ2v) is 15.2. The van der Waals surface area contributed by atoms with Crippen LogP contribution in [0.4, 0.5) is 9.59 Å². The van der Waals surface area contributed by atoms with Gasteiger partial charge in [0, 0.05) is 25.0 Å². The number of imidazole rings is 2. The number of nitrogens with zero attached hydrogens (tertiary/aromatic N) is 4. The van der Waals surface area contributed by atoms with Gasteiger partial charge in [0.25, 0.3) is 5.91 Å². The number of hydrogen-bond donors (Lipinski definition) is 4. The minimum atomic E-state index is -0.877. The largest absolute Gasteiger partial charge is 0.453 e. The summed E-state index contributed by atoms with van der Waals surface area (Å²) in [7, 11) is 2.63. The number of carbonyl (C=O) groups excluding carboxylic acids is 4. The number of nitrogens with one attached hydrogen (secondary N) is 4. The quantitative estimate of drug-likeness (QED) is 0.116. The van der Waals surface area contributed by atoms with Gasteiger partial charge in [0.05, 0.1) is 50.1 Å². The lowest BCUT2D eigenvalue weighted by Crippen LogP contribution is -2.42. The molecule has 3 aliphatic rings. The van der Waals surface area contributed by atoms with Gasteiger partial charge in [-0.15, -0.1) is 0 Å². The second kappa shape index (κ2) is 17.0. The first-order chi connectivity index (χ1) is 28.3. The van der Waals surface area contributed by atoms with E-state index in [-0.39, 0.29) is 35.9 Å². The van der Waals surface area contributed by atoms with Gasteiger partial charge in [0.1, 0.15) is 17.7 Å². The van der Waals surface area contributed by atoms with Crippen molar-refractivity contribution in [2.45, 2.75) is 69.1 Å². The fourth-order valence-corrected chi connectivity index (χ4v) is 8.69. The molecular formula is C44H48N8O6. The van der Waals surface area contributed by atoms with Crippen LogP contribution in [0.2, 0.25) is 0 Å². The Morgan fingerprint density at radius 2 is 1.21 bits per heavy atom. The van der Waals surface area contributed by atoms with Crippen molar-refractivity contribution >= 4 is 24.0 Å². The zero-order valence-corrected chi connectivity index (χ0v) is 32.6. The van der Waals surface area contributed by atoms with Crippen LogP contribution in [0.15, 0.2) is 91.3 Å². The first-order valence-corrected chi connectivity index (χ1v) is 20.0. The summed E-state index contributed by atoms with van der Waals surface area (Å²) in [4.78, 5) is 71.5. The molecular weight excluding hydrogens is 737 g/mol. The number of likely N-dealkylation sites (tertiary alicyclic amines) is 2. The van der Waals surface area contributed by atoms with E-state index >= 15 is 0 Å². The van der Waals surface area contributed by atoms with E-state index in [4.69, 9.17) is 19.4 Å². The third kappa shape index (κ3) is 8.04. The van der Waals surface area contributed by atoms with Crippen molar-refractivity contribution in [1.29, 1.82) is 0 Å². The van der Waals surface area contributed by atoms with E-state index in [1.807, 2.05) is 41.4 Å². The molecule has 14 heteroatoms. The molecule has 3 fully saturated rings. The minimum Gasteiger partial charge on any atom is -0.453 e. The zero-order valence-electron chi connectivity index (χ0n) is 32.6. The number of methoxy groups -OCH3 is 2. The molecule has 5 atom stereocenters.